The number of allylic oxidation sites excluding steroid dienone is 4. The number of anilines is 1. The van der Waals surface area contributed by atoms with Gasteiger partial charge in [-0.2, -0.15) is 4.58 Å². The van der Waals surface area contributed by atoms with E-state index in [1.807, 2.05) is 0 Å². The second-order valence-corrected chi connectivity index (χ2v) is 16.4. The van der Waals surface area contributed by atoms with E-state index in [0.717, 1.165) is 30.3 Å². The fraction of sp³-hybridized carbons (Fsp3) is 0.347. The van der Waals surface area contributed by atoms with Crippen LogP contribution in [0.15, 0.2) is 127 Å². The fourth-order valence-corrected chi connectivity index (χ4v) is 10.0. The van der Waals surface area contributed by atoms with Crippen molar-refractivity contribution < 1.29 is 14.5 Å². The number of carboxylic acid groups (broad SMARTS) is 1. The van der Waals surface area contributed by atoms with E-state index in [2.05, 4.69) is 152 Å². The Morgan fingerprint density at radius 3 is 2.19 bits per heavy atom. The van der Waals surface area contributed by atoms with Crippen LogP contribution in [0.5, 0.6) is 0 Å². The third kappa shape index (κ3) is 6.51. The molecule has 5 aromatic rings. The summed E-state index contributed by atoms with van der Waals surface area (Å²) in [6.07, 6.45) is 17.2. The van der Waals surface area contributed by atoms with Gasteiger partial charge >= 0.3 is 5.97 Å². The van der Waals surface area contributed by atoms with Crippen LogP contribution in [0.3, 0.4) is 0 Å². The van der Waals surface area contributed by atoms with Crippen molar-refractivity contribution in [1.29, 1.82) is 0 Å². The van der Waals surface area contributed by atoms with Crippen LogP contribution in [-0.2, 0) is 22.0 Å². The smallest absolute Gasteiger partial charge is 0.305 e. The van der Waals surface area contributed by atoms with Crippen molar-refractivity contribution in [3.8, 4) is 0 Å². The van der Waals surface area contributed by atoms with E-state index in [0.29, 0.717) is 6.54 Å². The van der Waals surface area contributed by atoms with Gasteiger partial charge < -0.3 is 10.0 Å². The van der Waals surface area contributed by atoms with E-state index >= 15 is 0 Å². The summed E-state index contributed by atoms with van der Waals surface area (Å²) >= 11 is 0. The van der Waals surface area contributed by atoms with Gasteiger partial charge in [-0.15, -0.1) is 0 Å². The Hall–Kier alpha value is -4.96. The summed E-state index contributed by atoms with van der Waals surface area (Å²) < 4.78 is 2.60. The van der Waals surface area contributed by atoms with Gasteiger partial charge in [0.25, 0.3) is 0 Å². The van der Waals surface area contributed by atoms with Crippen molar-refractivity contribution in [1.82, 2.24) is 0 Å². The molecule has 0 bridgehead atoms. The number of aliphatic carboxylic acids is 1. The molecule has 0 radical (unpaired) electrons. The number of nitrogens with zero attached hydrogens (tertiary/aromatic N) is 2. The topological polar surface area (TPSA) is 43.6 Å². The number of hydrogen-bond acceptors (Lipinski definition) is 2. The molecule has 1 atom stereocenters. The highest BCUT2D eigenvalue weighted by molar-refractivity contribution is 6.07. The molecule has 8 rings (SSSR count). The molecule has 270 valence electrons. The summed E-state index contributed by atoms with van der Waals surface area (Å²) in [5.74, 6) is 0.133. The molecule has 2 aliphatic heterocycles. The summed E-state index contributed by atoms with van der Waals surface area (Å²) in [6.45, 7) is 8.56. The van der Waals surface area contributed by atoms with E-state index in [4.69, 9.17) is 0 Å². The molecule has 0 amide bonds. The van der Waals surface area contributed by atoms with Crippen LogP contribution in [-0.4, -0.2) is 34.5 Å². The largest absolute Gasteiger partial charge is 0.481 e. The van der Waals surface area contributed by atoms with Crippen LogP contribution >= 0.6 is 0 Å². The number of carbonyl (C=O) groups is 1. The highest BCUT2D eigenvalue weighted by Gasteiger charge is 2.47. The summed E-state index contributed by atoms with van der Waals surface area (Å²) in [4.78, 5) is 14.3. The summed E-state index contributed by atoms with van der Waals surface area (Å²) in [6, 6.07) is 37.2. The van der Waals surface area contributed by atoms with Crippen molar-refractivity contribution in [2.24, 2.45) is 5.92 Å². The molecule has 3 aliphatic rings. The second-order valence-electron chi connectivity index (χ2n) is 16.4. The van der Waals surface area contributed by atoms with Crippen molar-refractivity contribution in [2.75, 3.05) is 18.0 Å². The van der Waals surface area contributed by atoms with Crippen molar-refractivity contribution in [3.63, 3.8) is 0 Å². The highest BCUT2D eigenvalue weighted by atomic mass is 16.4. The quantitative estimate of drug-likeness (QED) is 0.104. The minimum absolute atomic E-state index is 0.0656. The molecule has 4 nitrogen and oxygen atoms in total. The van der Waals surface area contributed by atoms with Crippen LogP contribution in [0, 0.1) is 5.92 Å². The van der Waals surface area contributed by atoms with Crippen LogP contribution in [0.25, 0.3) is 21.5 Å². The molecule has 5 aromatic carbocycles. The predicted molar refractivity (Wildman–Crippen MR) is 221 cm³/mol. The van der Waals surface area contributed by atoms with E-state index in [1.54, 1.807) is 0 Å². The minimum Gasteiger partial charge on any atom is -0.481 e. The normalized spacial score (nSPS) is 20.4. The zero-order chi connectivity index (χ0) is 36.6. The van der Waals surface area contributed by atoms with Gasteiger partial charge in [0, 0.05) is 47.5 Å². The summed E-state index contributed by atoms with van der Waals surface area (Å²) in [5.41, 5.74) is 8.30. The molecule has 2 heterocycles. The molecule has 53 heavy (non-hydrogen) atoms. The van der Waals surface area contributed by atoms with Crippen molar-refractivity contribution in [2.45, 2.75) is 89.4 Å². The van der Waals surface area contributed by atoms with Gasteiger partial charge in [0.1, 0.15) is 6.54 Å². The lowest BCUT2D eigenvalue weighted by Gasteiger charge is -2.31. The average Bonchev–Trinajstić information content (AvgIpc) is 3.82. The Bertz CT molecular complexity index is 2260. The predicted octanol–water partition coefficient (Wildman–Crippen LogP) is 11.7. The molecular weight excluding hydrogens is 649 g/mol. The Morgan fingerprint density at radius 2 is 1.47 bits per heavy atom. The van der Waals surface area contributed by atoms with Gasteiger partial charge in [0.15, 0.2) is 5.71 Å². The molecule has 0 aromatic heterocycles. The number of benzene rings is 5. The maximum Gasteiger partial charge on any atom is 0.305 e. The Kier molecular flexibility index (Phi) is 9.57. The fourth-order valence-electron chi connectivity index (χ4n) is 10.0. The number of unbranched alkanes of at least 4 members (excludes halogenated alkanes) is 1. The molecular formula is C49H53N2O2+. The molecule has 1 N–H and O–H groups in total. The maximum absolute atomic E-state index is 12.0. The SMILES string of the molecule is CC1(C)C(/C=C/C=C2/N(CCC(=O)O)c3ccc4ccccc4c3C2(C)Cc2ccccc2)=[N+](CCCCC2CCCC2)c2ccc3ccccc3c21. The monoisotopic (exact) mass is 701 g/mol. The van der Waals surface area contributed by atoms with Crippen LogP contribution in [0.4, 0.5) is 11.4 Å². The van der Waals surface area contributed by atoms with E-state index in [1.165, 1.54) is 94.6 Å². The number of fused-ring (bicyclic) bond motifs is 6. The summed E-state index contributed by atoms with van der Waals surface area (Å²) in [7, 11) is 0. The standard InChI is InChI=1S/C49H52N2O2/c1-48(2)43(50(32-14-13-18-35-16-7-8-17-35)41-29-27-37-21-9-11-23-39(37)46(41)48)25-15-26-44-49(3,34-36-19-5-4-6-20-36)47-40-24-12-10-22-38(40)28-30-42(47)51(44)33-31-45(52)53/h4-6,9-12,15,19-30,35H,7-8,13-14,16-18,31-34H2,1-3H3/p+1. The summed E-state index contributed by atoms with van der Waals surface area (Å²) in [5, 5.41) is 15.0. The zero-order valence-corrected chi connectivity index (χ0v) is 31.7. The molecule has 1 saturated carbocycles. The first kappa shape index (κ1) is 35.1. The minimum atomic E-state index is -0.782. The molecule has 4 heteroatoms. The van der Waals surface area contributed by atoms with Gasteiger partial charge in [-0.1, -0.05) is 123 Å². The second kappa shape index (κ2) is 14.5. The van der Waals surface area contributed by atoms with Gasteiger partial charge in [-0.05, 0) is 90.4 Å². The first-order chi connectivity index (χ1) is 25.8. The average molecular weight is 702 g/mol. The van der Waals surface area contributed by atoms with Crippen molar-refractivity contribution >= 4 is 44.6 Å². The van der Waals surface area contributed by atoms with Gasteiger partial charge in [0.2, 0.25) is 5.69 Å². The molecule has 0 spiro atoms. The number of carboxylic acids is 1. The van der Waals surface area contributed by atoms with E-state index < -0.39 is 5.97 Å². The zero-order valence-electron chi connectivity index (χ0n) is 31.7. The lowest BCUT2D eigenvalue weighted by molar-refractivity contribution is -0.438. The molecule has 1 aliphatic carbocycles. The highest BCUT2D eigenvalue weighted by Crippen LogP contribution is 2.53. The molecule has 0 saturated heterocycles. The molecule has 1 fully saturated rings. The van der Waals surface area contributed by atoms with Gasteiger partial charge in [-0.3, -0.25) is 4.79 Å². The van der Waals surface area contributed by atoms with E-state index in [-0.39, 0.29) is 17.3 Å². The lowest BCUT2D eigenvalue weighted by Crippen LogP contribution is -2.32. The van der Waals surface area contributed by atoms with E-state index in [9.17, 15) is 9.90 Å². The third-order valence-electron chi connectivity index (χ3n) is 12.5. The van der Waals surface area contributed by atoms with Gasteiger partial charge in [0.05, 0.1) is 11.8 Å². The Balaban J connectivity index is 1.23. The first-order valence-corrected chi connectivity index (χ1v) is 19.9. The maximum atomic E-state index is 12.0. The van der Waals surface area contributed by atoms with Crippen LogP contribution < -0.4 is 4.90 Å². The third-order valence-corrected chi connectivity index (χ3v) is 12.5. The van der Waals surface area contributed by atoms with Crippen LogP contribution in [0.2, 0.25) is 0 Å². The number of rotatable bonds is 12. The van der Waals surface area contributed by atoms with Crippen molar-refractivity contribution in [3.05, 3.63) is 144 Å². The first-order valence-electron chi connectivity index (χ1n) is 19.9. The Labute approximate surface area is 315 Å². The Morgan fingerprint density at radius 1 is 0.811 bits per heavy atom. The van der Waals surface area contributed by atoms with Crippen LogP contribution in [0.1, 0.15) is 88.8 Å². The lowest BCUT2D eigenvalue weighted by atomic mass is 9.74. The number of hydrogen-bond donors (Lipinski definition) is 1. The van der Waals surface area contributed by atoms with Gasteiger partial charge in [-0.25, -0.2) is 0 Å². The molecule has 1 unspecified atom stereocenters.